The number of nitrogens with zero attached hydrogens (tertiary/aromatic N) is 4. The molecule has 6 nitrogen and oxygen atoms in total. The van der Waals surface area contributed by atoms with E-state index in [1.807, 2.05) is 13.8 Å². The van der Waals surface area contributed by atoms with Crippen LogP contribution in [0.5, 0.6) is 0 Å². The summed E-state index contributed by atoms with van der Waals surface area (Å²) in [5.41, 5.74) is 0.360. The highest BCUT2D eigenvalue weighted by molar-refractivity contribution is 7.18. The maximum absolute atomic E-state index is 14.1. The fraction of sp³-hybridized carbons (Fsp3) is 0.632. The van der Waals surface area contributed by atoms with E-state index in [1.54, 1.807) is 20.8 Å². The van der Waals surface area contributed by atoms with Gasteiger partial charge in [-0.1, -0.05) is 0 Å². The maximum Gasteiger partial charge on any atom is 0.263 e. The minimum Gasteiger partial charge on any atom is -0.329 e. The predicted molar refractivity (Wildman–Crippen MR) is 102 cm³/mol. The molecule has 2 atom stereocenters. The van der Waals surface area contributed by atoms with Crippen molar-refractivity contribution in [2.45, 2.75) is 57.4 Å². The molecule has 5 rings (SSSR count). The average Bonchev–Trinajstić information content (AvgIpc) is 3.11. The summed E-state index contributed by atoms with van der Waals surface area (Å²) < 4.78 is 15.8. The minimum atomic E-state index is -1.06. The van der Waals surface area contributed by atoms with Crippen molar-refractivity contribution in [3.63, 3.8) is 0 Å². The Morgan fingerprint density at radius 1 is 1.30 bits per heavy atom. The monoisotopic (exact) mass is 390 g/mol. The number of carbonyl (C=O) groups excluding carboxylic acids is 1. The van der Waals surface area contributed by atoms with Crippen molar-refractivity contribution in [2.75, 3.05) is 20.1 Å². The number of rotatable bonds is 0. The fourth-order valence-electron chi connectivity index (χ4n) is 4.85. The van der Waals surface area contributed by atoms with Gasteiger partial charge in [-0.25, -0.2) is 9.37 Å². The van der Waals surface area contributed by atoms with Gasteiger partial charge >= 0.3 is 0 Å². The molecule has 0 unspecified atom stereocenters. The number of amides is 1. The molecule has 2 aromatic heterocycles. The number of halogens is 1. The smallest absolute Gasteiger partial charge is 0.263 e. The van der Waals surface area contributed by atoms with Gasteiger partial charge < -0.3 is 9.80 Å². The van der Waals surface area contributed by atoms with E-state index >= 15 is 0 Å². The highest BCUT2D eigenvalue weighted by Crippen LogP contribution is 2.41. The molecule has 0 bridgehead atoms. The van der Waals surface area contributed by atoms with Crippen LogP contribution < -0.4 is 5.56 Å². The van der Waals surface area contributed by atoms with E-state index in [2.05, 4.69) is 11.9 Å². The summed E-state index contributed by atoms with van der Waals surface area (Å²) in [5, 5.41) is 0.704. The highest BCUT2D eigenvalue weighted by atomic mass is 32.1. The van der Waals surface area contributed by atoms with Gasteiger partial charge in [0.05, 0.1) is 29.9 Å². The van der Waals surface area contributed by atoms with Crippen LogP contribution in [0.3, 0.4) is 0 Å². The Labute approximate surface area is 160 Å². The van der Waals surface area contributed by atoms with Gasteiger partial charge in [-0.05, 0) is 32.9 Å². The zero-order chi connectivity index (χ0) is 19.1. The molecule has 5 heterocycles. The third-order valence-corrected chi connectivity index (χ3v) is 7.26. The molecule has 1 amide bonds. The van der Waals surface area contributed by atoms with E-state index in [9.17, 15) is 14.0 Å². The van der Waals surface area contributed by atoms with E-state index in [4.69, 9.17) is 4.98 Å². The minimum absolute atomic E-state index is 0.0704. The summed E-state index contributed by atoms with van der Waals surface area (Å²) in [7, 11) is 2.08. The molecule has 0 spiro atoms. The van der Waals surface area contributed by atoms with Gasteiger partial charge in [-0.2, -0.15) is 0 Å². The Morgan fingerprint density at radius 2 is 2.07 bits per heavy atom. The van der Waals surface area contributed by atoms with Gasteiger partial charge in [-0.15, -0.1) is 11.3 Å². The van der Waals surface area contributed by atoms with Crippen LogP contribution >= 0.6 is 11.3 Å². The summed E-state index contributed by atoms with van der Waals surface area (Å²) in [6, 6.07) is -0.451. The van der Waals surface area contributed by atoms with Crippen LogP contribution in [0.25, 0.3) is 10.2 Å². The van der Waals surface area contributed by atoms with E-state index in [0.29, 0.717) is 11.2 Å². The zero-order valence-electron chi connectivity index (χ0n) is 15.8. The Kier molecular flexibility index (Phi) is 3.59. The molecule has 0 aliphatic carbocycles. The second-order valence-corrected chi connectivity index (χ2v) is 9.75. The number of hydrogen-bond acceptors (Lipinski definition) is 5. The van der Waals surface area contributed by atoms with Gasteiger partial charge in [0.1, 0.15) is 16.8 Å². The number of likely N-dealkylation sites (N-methyl/N-ethyl adjacent to an activating group) is 1. The van der Waals surface area contributed by atoms with E-state index in [1.165, 1.54) is 4.88 Å². The summed E-state index contributed by atoms with van der Waals surface area (Å²) >= 11 is 1.57. The number of fused-ring (bicyclic) bond motifs is 6. The van der Waals surface area contributed by atoms with Crippen LogP contribution in [-0.4, -0.2) is 51.6 Å². The molecule has 8 heteroatoms. The summed E-state index contributed by atoms with van der Waals surface area (Å²) in [6.45, 7) is 5.66. The molecule has 3 aliphatic rings. The molecule has 1 saturated heterocycles. The topological polar surface area (TPSA) is 58.4 Å². The van der Waals surface area contributed by atoms with Crippen LogP contribution in [0, 0.1) is 0 Å². The molecule has 144 valence electrons. The van der Waals surface area contributed by atoms with Crippen molar-refractivity contribution in [2.24, 2.45) is 0 Å². The Hall–Kier alpha value is -1.80. The van der Waals surface area contributed by atoms with Crippen molar-refractivity contribution in [1.82, 2.24) is 19.4 Å². The average molecular weight is 390 g/mol. The first-order valence-electron chi connectivity index (χ1n) is 9.46. The Balaban J connectivity index is 1.81. The first-order chi connectivity index (χ1) is 12.8. The van der Waals surface area contributed by atoms with Crippen LogP contribution in [0.1, 0.15) is 49.0 Å². The number of aromatic nitrogens is 2. The Bertz CT molecular complexity index is 1030. The third-order valence-electron chi connectivity index (χ3n) is 6.15. The standard InChI is InChI=1S/C19H23FN4O2S/c1-19(2)7-14(25)23-8-10(20)6-12(23)16-21-17-15(18(26)24(16)19)11-4-5-22(3)9-13(11)27-17/h10,12H,4-9H2,1-3H3/t10-,12-/m1/s1. The SMILES string of the molecule is CN1CCc2c(sc3nc4n(c(=O)c23)C(C)(C)CC(=O)N2C[C@H](F)C[C@H]42)C1. The summed E-state index contributed by atoms with van der Waals surface area (Å²) in [5.74, 6) is 0.456. The first-order valence-corrected chi connectivity index (χ1v) is 10.3. The number of thiophene rings is 1. The molecule has 27 heavy (non-hydrogen) atoms. The second kappa shape index (κ2) is 5.61. The van der Waals surface area contributed by atoms with Crippen LogP contribution in [0.2, 0.25) is 0 Å². The van der Waals surface area contributed by atoms with Gasteiger partial charge in [0.15, 0.2) is 0 Å². The lowest BCUT2D eigenvalue weighted by atomic mass is 9.98. The lowest BCUT2D eigenvalue weighted by Gasteiger charge is -2.27. The molecule has 0 N–H and O–H groups in total. The maximum atomic E-state index is 14.1. The molecule has 1 fully saturated rings. The summed E-state index contributed by atoms with van der Waals surface area (Å²) in [6.07, 6.45) is 0.175. The zero-order valence-corrected chi connectivity index (χ0v) is 16.6. The fourth-order valence-corrected chi connectivity index (χ4v) is 6.15. The van der Waals surface area contributed by atoms with Crippen LogP contribution in [-0.2, 0) is 23.3 Å². The van der Waals surface area contributed by atoms with Crippen molar-refractivity contribution in [1.29, 1.82) is 0 Å². The van der Waals surface area contributed by atoms with Crippen molar-refractivity contribution in [3.8, 4) is 0 Å². The predicted octanol–water partition coefficient (Wildman–Crippen LogP) is 2.20. The van der Waals surface area contributed by atoms with E-state index < -0.39 is 17.8 Å². The van der Waals surface area contributed by atoms with Gasteiger partial charge in [0, 0.05) is 24.4 Å². The molecular formula is C19H23FN4O2S. The highest BCUT2D eigenvalue weighted by Gasteiger charge is 2.45. The van der Waals surface area contributed by atoms with Gasteiger partial charge in [-0.3, -0.25) is 14.2 Å². The molecule has 0 saturated carbocycles. The van der Waals surface area contributed by atoms with E-state index in [0.717, 1.165) is 29.9 Å². The largest absolute Gasteiger partial charge is 0.329 e. The van der Waals surface area contributed by atoms with Crippen molar-refractivity contribution in [3.05, 3.63) is 26.6 Å². The number of alkyl halides is 1. The van der Waals surface area contributed by atoms with Gasteiger partial charge in [0.2, 0.25) is 5.91 Å². The lowest BCUT2D eigenvalue weighted by Crippen LogP contribution is -2.40. The second-order valence-electron chi connectivity index (χ2n) is 8.67. The quantitative estimate of drug-likeness (QED) is 0.692. The summed E-state index contributed by atoms with van der Waals surface area (Å²) in [4.78, 5) is 37.0. The number of hydrogen-bond donors (Lipinski definition) is 0. The molecule has 2 aromatic rings. The molecular weight excluding hydrogens is 367 g/mol. The first kappa shape index (κ1) is 17.3. The lowest BCUT2D eigenvalue weighted by molar-refractivity contribution is -0.133. The molecule has 0 aromatic carbocycles. The van der Waals surface area contributed by atoms with Crippen molar-refractivity contribution >= 4 is 27.5 Å². The third kappa shape index (κ3) is 2.42. The van der Waals surface area contributed by atoms with Gasteiger partial charge in [0.25, 0.3) is 5.56 Å². The number of carbonyl (C=O) groups is 1. The van der Waals surface area contributed by atoms with E-state index in [-0.39, 0.29) is 30.9 Å². The van der Waals surface area contributed by atoms with Crippen LogP contribution in [0.15, 0.2) is 4.79 Å². The normalized spacial score (nSPS) is 27.4. The molecule has 0 radical (unpaired) electrons. The van der Waals surface area contributed by atoms with Crippen LogP contribution in [0.4, 0.5) is 4.39 Å². The molecule has 3 aliphatic heterocycles. The van der Waals surface area contributed by atoms with Crippen molar-refractivity contribution < 1.29 is 9.18 Å². The Morgan fingerprint density at radius 3 is 2.85 bits per heavy atom.